The van der Waals surface area contributed by atoms with E-state index in [9.17, 15) is 0 Å². The van der Waals surface area contributed by atoms with Gasteiger partial charge in [-0.25, -0.2) is 0 Å². The topological polar surface area (TPSA) is 0 Å². The molecule has 0 aromatic heterocycles. The van der Waals surface area contributed by atoms with E-state index in [2.05, 4.69) is 0 Å². The molecule has 0 rings (SSSR count). The zero-order chi connectivity index (χ0) is 0. The van der Waals surface area contributed by atoms with Crippen molar-refractivity contribution in [3.63, 3.8) is 0 Å². The van der Waals surface area contributed by atoms with Gasteiger partial charge >= 0.3 is 0 Å². The van der Waals surface area contributed by atoms with Crippen molar-refractivity contribution >= 4 is 0 Å². The normalized spacial score (nSPS) is 0. The largest absolute Gasteiger partial charge is 0.358 e. The molecule has 0 aromatic rings. The number of hydrogen-bond donors (Lipinski definition) is 0. The Bertz CT molecular complexity index is 9.65. The molecule has 0 fully saturated rings. The van der Waals surface area contributed by atoms with Crippen molar-refractivity contribution < 1.29 is 74.8 Å². The maximum atomic E-state index is 0. The van der Waals surface area contributed by atoms with Gasteiger partial charge in [-0.15, -0.1) is 0 Å². The van der Waals surface area contributed by atoms with Gasteiger partial charge in [-0.1, -0.05) is 0 Å². The third-order valence-corrected chi connectivity index (χ3v) is 0. The first-order chi connectivity index (χ1) is 0. The minimum atomic E-state index is 0. The summed E-state index contributed by atoms with van der Waals surface area (Å²) in [4.78, 5) is 0. The fourth-order valence-corrected chi connectivity index (χ4v) is 0. The van der Waals surface area contributed by atoms with Crippen LogP contribution in [0.4, 0.5) is 0 Å². The molecule has 0 nitrogen and oxygen atoms in total. The third kappa shape index (κ3) is 57.9. The fourth-order valence-electron chi connectivity index (χ4n) is 0. The first-order valence-corrected chi connectivity index (χ1v) is 0. The van der Waals surface area contributed by atoms with E-state index in [1.807, 2.05) is 0 Å². The molecule has 0 unspecified atom stereocenters. The van der Waals surface area contributed by atoms with E-state index in [0.29, 0.717) is 0 Å². The second-order valence-electron chi connectivity index (χ2n) is 0. The van der Waals surface area contributed by atoms with Crippen molar-refractivity contribution in [2.24, 2.45) is 0 Å². The predicted molar refractivity (Wildman–Crippen MR) is 25.7 cm³/mol. The molecule has 47 valence electrons. The smallest absolute Gasteiger partial charge is 0 e. The van der Waals surface area contributed by atoms with Gasteiger partial charge in [0.15, 0.2) is 0 Å². The summed E-state index contributed by atoms with van der Waals surface area (Å²) in [5.74, 6) is 0. The number of rotatable bonds is 0. The molecule has 1 radical (unpaired) electrons. The Labute approximate surface area is 103 Å². The van der Waals surface area contributed by atoms with Crippen LogP contribution < -0.4 is 0 Å². The van der Waals surface area contributed by atoms with E-state index >= 15 is 0 Å². The second-order valence-corrected chi connectivity index (χ2v) is 0. The van der Waals surface area contributed by atoms with Crippen LogP contribution in [-0.4, -0.2) is 0 Å². The summed E-state index contributed by atoms with van der Waals surface area (Å²) in [6, 6.07) is 0. The molecule has 0 N–H and O–H groups in total. The molecule has 0 saturated heterocycles. The van der Waals surface area contributed by atoms with Crippen LogP contribution in [0.25, 0.3) is 0 Å². The summed E-state index contributed by atoms with van der Waals surface area (Å²) < 4.78 is 0. The van der Waals surface area contributed by atoms with E-state index in [1.165, 1.54) is 0 Å². The van der Waals surface area contributed by atoms with Gasteiger partial charge in [0, 0.05) is 74.8 Å². The molecule has 0 aliphatic rings. The van der Waals surface area contributed by atoms with Crippen molar-refractivity contribution in [1.29, 1.82) is 0 Å². The minimum Gasteiger partial charge on any atom is -0.358 e. The van der Waals surface area contributed by atoms with E-state index in [-0.39, 0.29) is 105 Å². The van der Waals surface area contributed by atoms with Crippen LogP contribution in [0.1, 0.15) is 0 Å². The molecule has 0 bridgehead atoms. The van der Waals surface area contributed by atoms with Gasteiger partial charge < -0.3 is 29.7 Å². The van der Waals surface area contributed by atoms with Crippen LogP contribution in [0.15, 0.2) is 0 Å². The van der Waals surface area contributed by atoms with E-state index in [4.69, 9.17) is 0 Å². The Morgan fingerprint density at radius 2 is 0.429 bits per heavy atom. The molecule has 0 atom stereocenters. The van der Waals surface area contributed by atoms with E-state index in [1.54, 1.807) is 0 Å². The van der Waals surface area contributed by atoms with Gasteiger partial charge in [-0.05, 0) is 0 Å². The molecule has 7 heavy (non-hydrogen) atoms. The van der Waals surface area contributed by atoms with Gasteiger partial charge in [0.05, 0.1) is 0 Å². The van der Waals surface area contributed by atoms with Crippen LogP contribution in [0.2, 0.25) is 0 Å². The summed E-state index contributed by atoms with van der Waals surface area (Å²) in [7, 11) is 0. The Morgan fingerprint density at radius 1 is 0.429 bits per heavy atom. The van der Waals surface area contributed by atoms with E-state index in [0.717, 1.165) is 0 Å². The van der Waals surface area contributed by atoms with Crippen molar-refractivity contribution in [3.8, 4) is 0 Å². The van der Waals surface area contributed by atoms with Gasteiger partial charge in [-0.3, -0.25) is 0 Å². The van der Waals surface area contributed by atoms with E-state index < -0.39 is 0 Å². The molecule has 0 aromatic carbocycles. The van der Waals surface area contributed by atoms with Gasteiger partial charge in [0.2, 0.25) is 0 Å². The van der Waals surface area contributed by atoms with Crippen LogP contribution >= 0.6 is 0 Å². The average molecular weight is 517 g/mol. The predicted octanol–water partition coefficient (Wildman–Crippen LogP) is 1.79. The molecule has 0 heterocycles. The monoisotopic (exact) mass is 517 g/mol. The molecule has 0 amide bonds. The third-order valence-electron chi connectivity index (χ3n) is 0. The quantitative estimate of drug-likeness (QED) is 0.431. The molecule has 0 spiro atoms. The van der Waals surface area contributed by atoms with Crippen molar-refractivity contribution in [3.05, 3.63) is 29.7 Å². The van der Waals surface area contributed by atoms with Crippen molar-refractivity contribution in [2.75, 3.05) is 0 Å². The Morgan fingerprint density at radius 3 is 0.429 bits per heavy atom. The summed E-state index contributed by atoms with van der Waals surface area (Å²) in [5, 5.41) is 0. The van der Waals surface area contributed by atoms with Crippen molar-refractivity contribution in [1.82, 2.24) is 0 Å². The van der Waals surface area contributed by atoms with Gasteiger partial charge in [0.25, 0.3) is 0 Å². The molecule has 0 saturated carbocycles. The summed E-state index contributed by atoms with van der Waals surface area (Å²) in [5.41, 5.74) is 0. The molecule has 0 aliphatic carbocycles. The second kappa shape index (κ2) is 77.1. The minimum absolute atomic E-state index is 0. The molecule has 0 aliphatic heterocycles. The van der Waals surface area contributed by atoms with Crippen molar-refractivity contribution in [2.45, 2.75) is 0 Å². The summed E-state index contributed by atoms with van der Waals surface area (Å²) >= 11 is 0. The maximum absolute atomic E-state index is 0. The Kier molecular flexibility index (Phi) is 1220. The standard InChI is InChI=1S/4CH3.2W.Y/h4*1H3;;;/q4*-1;;;. The first-order valence-electron chi connectivity index (χ1n) is 0. The molecule has 3 heteroatoms. The summed E-state index contributed by atoms with van der Waals surface area (Å²) in [6.07, 6.45) is 0. The first kappa shape index (κ1) is 111. The van der Waals surface area contributed by atoms with Gasteiger partial charge in [0.1, 0.15) is 0 Å². The zero-order valence-electron chi connectivity index (χ0n) is 5.39. The zero-order valence-corrected chi connectivity index (χ0v) is 14.1. The van der Waals surface area contributed by atoms with Crippen LogP contribution in [0.5, 0.6) is 0 Å². The average Bonchev–Trinajstić information content (AvgIpc) is 0. The SMILES string of the molecule is [CH3-].[CH3-].[CH3-].[CH3-].[W].[W].[Y]. The fraction of sp³-hybridized carbons (Fsp3) is 0. The Balaban J connectivity index is 0. The van der Waals surface area contributed by atoms with Crippen LogP contribution in [-0.2, 0) is 74.8 Å². The maximum Gasteiger partial charge on any atom is 0 e. The molecular weight excluding hydrogens is 505 g/mol. The van der Waals surface area contributed by atoms with Gasteiger partial charge in [-0.2, -0.15) is 0 Å². The van der Waals surface area contributed by atoms with Crippen LogP contribution in [0.3, 0.4) is 0 Å². The summed E-state index contributed by atoms with van der Waals surface area (Å²) in [6.45, 7) is 0. The van der Waals surface area contributed by atoms with Crippen LogP contribution in [0, 0.1) is 29.7 Å². The number of hydrogen-bond acceptors (Lipinski definition) is 0. The molecular formula is C4H12W2Y-4. The Hall–Kier alpha value is 2.48.